The van der Waals surface area contributed by atoms with Crippen LogP contribution < -0.4 is 16.4 Å². The summed E-state index contributed by atoms with van der Waals surface area (Å²) < 4.78 is 0. The van der Waals surface area contributed by atoms with Crippen molar-refractivity contribution in [2.24, 2.45) is 5.73 Å². The monoisotopic (exact) mass is 452 g/mol. The average Bonchev–Trinajstić information content (AvgIpc) is 2.88. The van der Waals surface area contributed by atoms with E-state index in [2.05, 4.69) is 63.2 Å². The number of para-hydroxylation sites is 1. The third-order valence-electron chi connectivity index (χ3n) is 6.43. The van der Waals surface area contributed by atoms with Gasteiger partial charge in [-0.3, -0.25) is 9.78 Å². The standard InChI is InChI=1S/C27H28N6O/c28-26(34)23-5-2-6-24-25(23)32-17-33-27(24)31-15-19-4-1-3-18(13-19)14-22-8-7-21(16-30-22)20-9-11-29-12-10-20/h1-8,13,16-17,20,29H,9-12,14-15H2,(H2,28,34)(H,31,32,33). The molecule has 2 aromatic carbocycles. The summed E-state index contributed by atoms with van der Waals surface area (Å²) in [5, 5.41) is 7.57. The molecule has 3 heterocycles. The summed E-state index contributed by atoms with van der Waals surface area (Å²) in [6.07, 6.45) is 6.66. The largest absolute Gasteiger partial charge is 0.366 e. The maximum absolute atomic E-state index is 11.7. The third-order valence-corrected chi connectivity index (χ3v) is 6.43. The first kappa shape index (κ1) is 22.0. The fourth-order valence-corrected chi connectivity index (χ4v) is 4.61. The van der Waals surface area contributed by atoms with Crippen molar-refractivity contribution in [3.05, 3.63) is 95.1 Å². The highest BCUT2D eigenvalue weighted by Gasteiger charge is 2.15. The molecule has 4 N–H and O–H groups in total. The van der Waals surface area contributed by atoms with Crippen LogP contribution in [-0.2, 0) is 13.0 Å². The van der Waals surface area contributed by atoms with Gasteiger partial charge in [0.25, 0.3) is 5.91 Å². The Labute approximate surface area is 198 Å². The number of nitrogens with zero attached hydrogens (tertiary/aromatic N) is 3. The van der Waals surface area contributed by atoms with Crippen molar-refractivity contribution in [3.63, 3.8) is 0 Å². The molecular weight excluding hydrogens is 424 g/mol. The Morgan fingerprint density at radius 2 is 1.82 bits per heavy atom. The molecule has 1 aliphatic heterocycles. The molecule has 0 bridgehead atoms. The van der Waals surface area contributed by atoms with Crippen LogP contribution in [0, 0.1) is 0 Å². The van der Waals surface area contributed by atoms with Crippen molar-refractivity contribution in [2.75, 3.05) is 18.4 Å². The van der Waals surface area contributed by atoms with E-state index in [1.807, 2.05) is 6.07 Å². The molecule has 1 fully saturated rings. The van der Waals surface area contributed by atoms with Gasteiger partial charge in [0.15, 0.2) is 0 Å². The summed E-state index contributed by atoms with van der Waals surface area (Å²) >= 11 is 0. The molecule has 34 heavy (non-hydrogen) atoms. The minimum absolute atomic E-state index is 0.392. The van der Waals surface area contributed by atoms with Crippen LogP contribution in [0.4, 0.5) is 5.82 Å². The second-order valence-electron chi connectivity index (χ2n) is 8.75. The first-order chi connectivity index (χ1) is 16.7. The van der Waals surface area contributed by atoms with E-state index in [4.69, 9.17) is 10.7 Å². The molecule has 172 valence electrons. The Balaban J connectivity index is 1.27. The number of hydrogen-bond acceptors (Lipinski definition) is 6. The molecule has 7 heteroatoms. The zero-order chi connectivity index (χ0) is 23.3. The van der Waals surface area contributed by atoms with E-state index in [0.717, 1.165) is 36.2 Å². The molecule has 2 aromatic heterocycles. The predicted molar refractivity (Wildman–Crippen MR) is 134 cm³/mol. The average molecular weight is 453 g/mol. The van der Waals surface area contributed by atoms with E-state index < -0.39 is 5.91 Å². The van der Waals surface area contributed by atoms with Crippen molar-refractivity contribution < 1.29 is 4.79 Å². The van der Waals surface area contributed by atoms with Crippen LogP contribution in [0.15, 0.2) is 67.1 Å². The number of carbonyl (C=O) groups excluding carboxylic acids is 1. The van der Waals surface area contributed by atoms with E-state index in [9.17, 15) is 4.79 Å². The van der Waals surface area contributed by atoms with Gasteiger partial charge in [-0.1, -0.05) is 36.4 Å². The van der Waals surface area contributed by atoms with Crippen LogP contribution in [0.25, 0.3) is 10.9 Å². The Hall–Kier alpha value is -3.84. The van der Waals surface area contributed by atoms with Gasteiger partial charge in [0.1, 0.15) is 12.1 Å². The first-order valence-electron chi connectivity index (χ1n) is 11.7. The van der Waals surface area contributed by atoms with Gasteiger partial charge < -0.3 is 16.4 Å². The second kappa shape index (κ2) is 9.97. The van der Waals surface area contributed by atoms with Crippen LogP contribution in [0.1, 0.15) is 51.5 Å². The fraction of sp³-hybridized carbons (Fsp3) is 0.259. The molecule has 1 saturated heterocycles. The lowest BCUT2D eigenvalue weighted by Gasteiger charge is -2.22. The minimum Gasteiger partial charge on any atom is -0.366 e. The van der Waals surface area contributed by atoms with Crippen molar-refractivity contribution >= 4 is 22.6 Å². The molecule has 7 nitrogen and oxygen atoms in total. The number of hydrogen-bond donors (Lipinski definition) is 3. The van der Waals surface area contributed by atoms with E-state index in [1.165, 1.54) is 30.3 Å². The first-order valence-corrected chi connectivity index (χ1v) is 11.7. The van der Waals surface area contributed by atoms with E-state index in [0.29, 0.717) is 29.4 Å². The lowest BCUT2D eigenvalue weighted by atomic mass is 9.91. The molecule has 0 spiro atoms. The van der Waals surface area contributed by atoms with Crippen LogP contribution >= 0.6 is 0 Å². The van der Waals surface area contributed by atoms with E-state index in [1.54, 1.807) is 12.1 Å². The van der Waals surface area contributed by atoms with Gasteiger partial charge in [-0.25, -0.2) is 9.97 Å². The number of nitrogens with two attached hydrogens (primary N) is 1. The molecule has 0 radical (unpaired) electrons. The highest BCUT2D eigenvalue weighted by atomic mass is 16.1. The normalized spacial score (nSPS) is 14.2. The van der Waals surface area contributed by atoms with Crippen molar-refractivity contribution in [1.82, 2.24) is 20.3 Å². The summed E-state index contributed by atoms with van der Waals surface area (Å²) in [6.45, 7) is 2.78. The van der Waals surface area contributed by atoms with Crippen LogP contribution in [0.2, 0.25) is 0 Å². The van der Waals surface area contributed by atoms with Crippen LogP contribution in [-0.4, -0.2) is 33.9 Å². The highest BCUT2D eigenvalue weighted by molar-refractivity contribution is 6.06. The van der Waals surface area contributed by atoms with Gasteiger partial charge in [0, 0.05) is 30.2 Å². The molecule has 5 rings (SSSR count). The molecule has 0 aliphatic carbocycles. The zero-order valence-electron chi connectivity index (χ0n) is 19.0. The number of primary amides is 1. The van der Waals surface area contributed by atoms with Gasteiger partial charge in [-0.2, -0.15) is 0 Å². The number of carbonyl (C=O) groups is 1. The lowest BCUT2D eigenvalue weighted by Crippen LogP contribution is -2.26. The van der Waals surface area contributed by atoms with Gasteiger partial charge in [-0.15, -0.1) is 0 Å². The maximum Gasteiger partial charge on any atom is 0.250 e. The second-order valence-corrected chi connectivity index (χ2v) is 8.75. The van der Waals surface area contributed by atoms with Crippen LogP contribution in [0.5, 0.6) is 0 Å². The number of nitrogens with one attached hydrogen (secondary N) is 2. The summed E-state index contributed by atoms with van der Waals surface area (Å²) in [7, 11) is 0. The van der Waals surface area contributed by atoms with Gasteiger partial charge in [0.2, 0.25) is 0 Å². The number of amides is 1. The van der Waals surface area contributed by atoms with E-state index in [-0.39, 0.29) is 0 Å². The number of rotatable bonds is 7. The Morgan fingerprint density at radius 3 is 2.62 bits per heavy atom. The number of anilines is 1. The van der Waals surface area contributed by atoms with Crippen molar-refractivity contribution in [3.8, 4) is 0 Å². The molecule has 1 aliphatic rings. The van der Waals surface area contributed by atoms with Crippen LogP contribution in [0.3, 0.4) is 0 Å². The predicted octanol–water partition coefficient (Wildman–Crippen LogP) is 3.79. The number of aromatic nitrogens is 3. The SMILES string of the molecule is NC(=O)c1cccc2c(NCc3cccc(Cc4ccc(C5CCNCC5)cn4)c3)ncnc12. The zero-order valence-corrected chi connectivity index (χ0v) is 19.0. The van der Waals surface area contributed by atoms with Gasteiger partial charge in [0.05, 0.1) is 11.1 Å². The molecule has 0 saturated carbocycles. The summed E-state index contributed by atoms with van der Waals surface area (Å²) in [6, 6.07) is 18.2. The quantitative estimate of drug-likeness (QED) is 0.394. The summed E-state index contributed by atoms with van der Waals surface area (Å²) in [4.78, 5) is 25.1. The smallest absolute Gasteiger partial charge is 0.250 e. The van der Waals surface area contributed by atoms with Gasteiger partial charge >= 0.3 is 0 Å². The minimum atomic E-state index is -0.500. The number of pyridine rings is 1. The Kier molecular flexibility index (Phi) is 6.44. The van der Waals surface area contributed by atoms with Crippen molar-refractivity contribution in [1.29, 1.82) is 0 Å². The molecular formula is C27H28N6O. The summed E-state index contributed by atoms with van der Waals surface area (Å²) in [5.74, 6) is 0.795. The van der Waals surface area contributed by atoms with E-state index >= 15 is 0 Å². The van der Waals surface area contributed by atoms with Gasteiger partial charge in [-0.05, 0) is 66.7 Å². The lowest BCUT2D eigenvalue weighted by molar-refractivity contribution is 0.100. The third kappa shape index (κ3) is 4.89. The number of fused-ring (bicyclic) bond motifs is 1. The molecule has 1 amide bonds. The van der Waals surface area contributed by atoms with Crippen molar-refractivity contribution in [2.45, 2.75) is 31.7 Å². The molecule has 0 unspecified atom stereocenters. The molecule has 4 aromatic rings. The Bertz CT molecular complexity index is 1300. The number of benzene rings is 2. The number of piperidine rings is 1. The summed E-state index contributed by atoms with van der Waals surface area (Å²) in [5.41, 5.74) is 11.2. The fourth-order valence-electron chi connectivity index (χ4n) is 4.61. The maximum atomic E-state index is 11.7. The highest BCUT2D eigenvalue weighted by Crippen LogP contribution is 2.25. The molecule has 0 atom stereocenters. The Morgan fingerprint density at radius 1 is 1.00 bits per heavy atom. The topological polar surface area (TPSA) is 106 Å².